The van der Waals surface area contributed by atoms with Crippen molar-refractivity contribution in [3.8, 4) is 11.1 Å². The quantitative estimate of drug-likeness (QED) is 0.570. The molecule has 0 radical (unpaired) electrons. The highest BCUT2D eigenvalue weighted by Crippen LogP contribution is 2.41. The van der Waals surface area contributed by atoms with E-state index in [4.69, 9.17) is 0 Å². The van der Waals surface area contributed by atoms with E-state index in [0.29, 0.717) is 0 Å². The molecule has 0 bridgehead atoms. The number of hydrogen-bond donors (Lipinski definition) is 0. The van der Waals surface area contributed by atoms with Crippen LogP contribution >= 0.6 is 0 Å². The van der Waals surface area contributed by atoms with Gasteiger partial charge in [-0.05, 0) is 41.0 Å². The molecule has 0 aromatic heterocycles. The zero-order valence-electron chi connectivity index (χ0n) is 15.6. The van der Waals surface area contributed by atoms with Crippen LogP contribution in [0.15, 0.2) is 72.3 Å². The monoisotopic (exact) mass is 316 g/mol. The highest BCUT2D eigenvalue weighted by atomic mass is 14.3. The Hall–Kier alpha value is -2.08. The van der Waals surface area contributed by atoms with Crippen LogP contribution < -0.4 is 0 Å². The van der Waals surface area contributed by atoms with Crippen LogP contribution in [0.3, 0.4) is 0 Å². The van der Waals surface area contributed by atoms with Crippen molar-refractivity contribution >= 4 is 0 Å². The minimum atomic E-state index is 0.0807. The summed E-state index contributed by atoms with van der Waals surface area (Å²) in [5.41, 5.74) is 7.06. The molecule has 0 N–H and O–H groups in total. The average molecular weight is 316 g/mol. The Morgan fingerprint density at radius 1 is 0.917 bits per heavy atom. The highest BCUT2D eigenvalue weighted by Gasteiger charge is 2.30. The molecular formula is C24H28. The molecular weight excluding hydrogens is 288 g/mol. The summed E-state index contributed by atoms with van der Waals surface area (Å²) in [6, 6.07) is 17.7. The third kappa shape index (κ3) is 3.24. The second kappa shape index (κ2) is 6.09. The highest BCUT2D eigenvalue weighted by molar-refractivity contribution is 5.66. The molecule has 0 saturated heterocycles. The van der Waals surface area contributed by atoms with E-state index in [1.165, 1.54) is 27.8 Å². The van der Waals surface area contributed by atoms with Gasteiger partial charge in [-0.1, -0.05) is 100 Å². The SMILES string of the molecule is CC1=CCC(C)(c2ccc(-c3ccccc3)cc2C(C)(C)C)C=C1. The largest absolute Gasteiger partial charge is 0.0804 e. The third-order valence-corrected chi connectivity index (χ3v) is 5.11. The molecule has 0 nitrogen and oxygen atoms in total. The van der Waals surface area contributed by atoms with Gasteiger partial charge in [0.05, 0.1) is 0 Å². The van der Waals surface area contributed by atoms with Crippen molar-refractivity contribution in [1.82, 2.24) is 0 Å². The molecule has 2 aromatic carbocycles. The van der Waals surface area contributed by atoms with Gasteiger partial charge in [0.15, 0.2) is 0 Å². The second-order valence-electron chi connectivity index (χ2n) is 8.28. The average Bonchev–Trinajstić information content (AvgIpc) is 2.57. The van der Waals surface area contributed by atoms with E-state index in [-0.39, 0.29) is 10.8 Å². The van der Waals surface area contributed by atoms with E-state index < -0.39 is 0 Å². The zero-order chi connectivity index (χ0) is 17.4. The van der Waals surface area contributed by atoms with Gasteiger partial charge in [-0.2, -0.15) is 0 Å². The molecule has 3 rings (SSSR count). The van der Waals surface area contributed by atoms with E-state index in [9.17, 15) is 0 Å². The van der Waals surface area contributed by atoms with E-state index in [1.807, 2.05) is 0 Å². The number of rotatable bonds is 2. The zero-order valence-corrected chi connectivity index (χ0v) is 15.6. The maximum absolute atomic E-state index is 2.40. The molecule has 0 amide bonds. The van der Waals surface area contributed by atoms with Gasteiger partial charge < -0.3 is 0 Å². The summed E-state index contributed by atoms with van der Waals surface area (Å²) in [5.74, 6) is 0. The normalized spacial score (nSPS) is 20.8. The van der Waals surface area contributed by atoms with E-state index >= 15 is 0 Å². The molecule has 1 atom stereocenters. The van der Waals surface area contributed by atoms with Gasteiger partial charge in [0.1, 0.15) is 0 Å². The number of hydrogen-bond acceptors (Lipinski definition) is 0. The summed E-state index contributed by atoms with van der Waals surface area (Å²) in [5, 5.41) is 0. The second-order valence-corrected chi connectivity index (χ2v) is 8.28. The fourth-order valence-corrected chi connectivity index (χ4v) is 3.50. The minimum absolute atomic E-state index is 0.0807. The lowest BCUT2D eigenvalue weighted by molar-refractivity contribution is 0.535. The first-order valence-corrected chi connectivity index (χ1v) is 8.86. The molecule has 1 aliphatic carbocycles. The van der Waals surface area contributed by atoms with Crippen molar-refractivity contribution in [3.05, 3.63) is 83.5 Å². The van der Waals surface area contributed by atoms with E-state index in [1.54, 1.807) is 0 Å². The maximum Gasteiger partial charge on any atom is 0.0144 e. The first-order chi connectivity index (χ1) is 11.3. The summed E-state index contributed by atoms with van der Waals surface area (Å²) in [6.45, 7) is 11.5. The first kappa shape index (κ1) is 16.8. The molecule has 124 valence electrons. The fraction of sp³-hybridized carbons (Fsp3) is 0.333. The Morgan fingerprint density at radius 2 is 1.62 bits per heavy atom. The van der Waals surface area contributed by atoms with E-state index in [2.05, 4.69) is 101 Å². The van der Waals surface area contributed by atoms with Crippen LogP contribution in [0, 0.1) is 0 Å². The van der Waals surface area contributed by atoms with Crippen molar-refractivity contribution in [1.29, 1.82) is 0 Å². The van der Waals surface area contributed by atoms with Crippen LogP contribution in [0.1, 0.15) is 52.2 Å². The molecule has 0 spiro atoms. The van der Waals surface area contributed by atoms with Crippen LogP contribution in [0.5, 0.6) is 0 Å². The van der Waals surface area contributed by atoms with Gasteiger partial charge in [0.25, 0.3) is 0 Å². The Balaban J connectivity index is 2.13. The van der Waals surface area contributed by atoms with Crippen LogP contribution in [-0.4, -0.2) is 0 Å². The van der Waals surface area contributed by atoms with Crippen LogP contribution in [0.2, 0.25) is 0 Å². The first-order valence-electron chi connectivity index (χ1n) is 8.86. The fourth-order valence-electron chi connectivity index (χ4n) is 3.50. The van der Waals surface area contributed by atoms with Crippen molar-refractivity contribution in [3.63, 3.8) is 0 Å². The molecule has 0 saturated carbocycles. The summed E-state index contributed by atoms with van der Waals surface area (Å²) in [6.07, 6.45) is 8.08. The van der Waals surface area contributed by atoms with Crippen molar-refractivity contribution in [2.45, 2.75) is 51.9 Å². The van der Waals surface area contributed by atoms with Gasteiger partial charge in [-0.3, -0.25) is 0 Å². The van der Waals surface area contributed by atoms with Gasteiger partial charge in [0.2, 0.25) is 0 Å². The van der Waals surface area contributed by atoms with Gasteiger partial charge in [-0.15, -0.1) is 0 Å². The molecule has 0 heterocycles. The van der Waals surface area contributed by atoms with E-state index in [0.717, 1.165) is 6.42 Å². The van der Waals surface area contributed by atoms with Crippen LogP contribution in [-0.2, 0) is 10.8 Å². The molecule has 0 fully saturated rings. The third-order valence-electron chi connectivity index (χ3n) is 5.11. The van der Waals surface area contributed by atoms with Crippen LogP contribution in [0.25, 0.3) is 11.1 Å². The number of benzene rings is 2. The minimum Gasteiger partial charge on any atom is -0.0804 e. The summed E-state index contributed by atoms with van der Waals surface area (Å²) < 4.78 is 0. The molecule has 2 aromatic rings. The molecule has 1 unspecified atom stereocenters. The van der Waals surface area contributed by atoms with Crippen molar-refractivity contribution < 1.29 is 0 Å². The predicted octanol–water partition coefficient (Wildman–Crippen LogP) is 6.82. The Kier molecular flexibility index (Phi) is 4.25. The topological polar surface area (TPSA) is 0 Å². The van der Waals surface area contributed by atoms with Gasteiger partial charge >= 0.3 is 0 Å². The maximum atomic E-state index is 2.40. The smallest absolute Gasteiger partial charge is 0.0144 e. The molecule has 1 aliphatic rings. The number of allylic oxidation sites excluding steroid dienone is 4. The Bertz CT molecular complexity index is 785. The Morgan fingerprint density at radius 3 is 2.21 bits per heavy atom. The van der Waals surface area contributed by atoms with Crippen molar-refractivity contribution in [2.24, 2.45) is 0 Å². The molecule has 0 aliphatic heterocycles. The lowest BCUT2D eigenvalue weighted by Crippen LogP contribution is -2.26. The molecule has 0 heteroatoms. The van der Waals surface area contributed by atoms with Crippen LogP contribution in [0.4, 0.5) is 0 Å². The summed E-state index contributed by atoms with van der Waals surface area (Å²) in [4.78, 5) is 0. The molecule has 24 heavy (non-hydrogen) atoms. The van der Waals surface area contributed by atoms with Gasteiger partial charge in [-0.25, -0.2) is 0 Å². The lowest BCUT2D eigenvalue weighted by Gasteiger charge is -2.35. The summed E-state index contributed by atoms with van der Waals surface area (Å²) >= 11 is 0. The van der Waals surface area contributed by atoms with Crippen molar-refractivity contribution in [2.75, 3.05) is 0 Å². The Labute approximate surface area is 146 Å². The summed E-state index contributed by atoms with van der Waals surface area (Å²) in [7, 11) is 0. The standard InChI is InChI=1S/C24H28/c1-18-13-15-24(5,16-14-18)21-12-11-20(17-22(21)23(2,3)4)19-9-7-6-8-10-19/h6-15,17H,16H2,1-5H3. The lowest BCUT2D eigenvalue weighted by atomic mass is 9.69. The van der Waals surface area contributed by atoms with Gasteiger partial charge in [0, 0.05) is 5.41 Å². The predicted molar refractivity (Wildman–Crippen MR) is 105 cm³/mol.